The number of benzene rings is 2. The maximum Gasteiger partial charge on any atom is 0.335 e. The Morgan fingerprint density at radius 2 is 1.44 bits per heavy atom. The summed E-state index contributed by atoms with van der Waals surface area (Å²) < 4.78 is 46.5. The van der Waals surface area contributed by atoms with E-state index in [0.29, 0.717) is 29.8 Å². The van der Waals surface area contributed by atoms with Crippen molar-refractivity contribution < 1.29 is 47.5 Å². The molecule has 0 amide bonds. The number of aliphatic hydroxyl groups is 2. The Labute approximate surface area is 263 Å². The summed E-state index contributed by atoms with van der Waals surface area (Å²) in [6.07, 6.45) is 4.79. The normalized spacial score (nSPS) is 15.9. The van der Waals surface area contributed by atoms with Gasteiger partial charge in [0.25, 0.3) is 6.08 Å². The quantitative estimate of drug-likeness (QED) is 0.117. The van der Waals surface area contributed by atoms with Gasteiger partial charge in [0.1, 0.15) is 26.4 Å². The number of halogens is 2. The lowest BCUT2D eigenvalue weighted by molar-refractivity contribution is -0.141. The first-order chi connectivity index (χ1) is 21.6. The van der Waals surface area contributed by atoms with Gasteiger partial charge in [-0.15, -0.1) is 0 Å². The first-order valence-corrected chi connectivity index (χ1v) is 15.1. The molecule has 1 saturated carbocycles. The lowest BCUT2D eigenvalue weighted by atomic mass is 9.76. The molecule has 10 heteroatoms. The van der Waals surface area contributed by atoms with E-state index in [4.69, 9.17) is 29.2 Å². The highest BCUT2D eigenvalue weighted by atomic mass is 19.3. The average Bonchev–Trinajstić information content (AvgIpc) is 3.04. The molecule has 0 saturated heterocycles. The van der Waals surface area contributed by atoms with E-state index >= 15 is 0 Å². The Morgan fingerprint density at radius 1 is 0.844 bits per heavy atom. The van der Waals surface area contributed by atoms with Crippen molar-refractivity contribution in [2.24, 2.45) is 5.92 Å². The molecule has 0 aliphatic heterocycles. The predicted octanol–water partition coefficient (Wildman–Crippen LogP) is 6.44. The van der Waals surface area contributed by atoms with Crippen molar-refractivity contribution in [3.63, 3.8) is 0 Å². The van der Waals surface area contributed by atoms with Gasteiger partial charge in [0.05, 0.1) is 24.4 Å². The summed E-state index contributed by atoms with van der Waals surface area (Å²) in [5.41, 5.74) is 4.13. The van der Waals surface area contributed by atoms with Gasteiger partial charge < -0.3 is 29.2 Å². The van der Waals surface area contributed by atoms with Crippen LogP contribution >= 0.6 is 0 Å². The van der Waals surface area contributed by atoms with Crippen molar-refractivity contribution in [2.75, 3.05) is 39.6 Å². The number of aliphatic hydroxyl groups excluding tert-OH is 2. The van der Waals surface area contributed by atoms with Crippen molar-refractivity contribution in [1.29, 1.82) is 0 Å². The lowest BCUT2D eigenvalue weighted by Crippen LogP contribution is -2.16. The monoisotopic (exact) mass is 628 g/mol. The zero-order valence-electron chi connectivity index (χ0n) is 25.7. The Hall–Kier alpha value is -4.02. The fourth-order valence-corrected chi connectivity index (χ4v) is 5.29. The average molecular weight is 629 g/mol. The number of esters is 2. The van der Waals surface area contributed by atoms with Crippen LogP contribution in [-0.4, -0.2) is 61.8 Å². The van der Waals surface area contributed by atoms with Crippen molar-refractivity contribution in [3.8, 4) is 22.6 Å². The van der Waals surface area contributed by atoms with Crippen molar-refractivity contribution in [3.05, 3.63) is 84.0 Å². The number of carbonyl (C=O) groups excluding carboxylic acids is 2. The van der Waals surface area contributed by atoms with Crippen LogP contribution in [0.4, 0.5) is 8.78 Å². The van der Waals surface area contributed by atoms with E-state index in [-0.39, 0.29) is 37.6 Å². The summed E-state index contributed by atoms with van der Waals surface area (Å²) in [6, 6.07) is 11.9. The van der Waals surface area contributed by atoms with E-state index in [1.54, 1.807) is 6.07 Å². The second-order valence-electron chi connectivity index (χ2n) is 11.0. The molecule has 0 heterocycles. The molecule has 2 aromatic carbocycles. The zero-order valence-corrected chi connectivity index (χ0v) is 25.7. The number of aryl methyl sites for hydroxylation is 1. The third kappa shape index (κ3) is 11.1. The van der Waals surface area contributed by atoms with Gasteiger partial charge in [-0.1, -0.05) is 37.4 Å². The van der Waals surface area contributed by atoms with E-state index in [2.05, 4.69) is 38.3 Å². The largest absolute Gasteiger partial charge is 0.486 e. The minimum absolute atomic E-state index is 0.00910. The topological polar surface area (TPSA) is 112 Å². The molecule has 2 aromatic rings. The van der Waals surface area contributed by atoms with Crippen LogP contribution in [0.25, 0.3) is 11.1 Å². The molecule has 0 bridgehead atoms. The second-order valence-corrected chi connectivity index (χ2v) is 11.0. The van der Waals surface area contributed by atoms with E-state index < -0.39 is 31.2 Å². The molecule has 2 N–H and O–H groups in total. The summed E-state index contributed by atoms with van der Waals surface area (Å²) >= 11 is 0. The van der Waals surface area contributed by atoms with Crippen LogP contribution in [0, 0.1) is 12.8 Å². The summed E-state index contributed by atoms with van der Waals surface area (Å²) in [6.45, 7) is 7.79. The molecular formula is C35H42F2O8. The SMILES string of the molecule is C=C(CO)C(=O)OCCOc1ccc(-c2ccc(C3CCC(CCC=C(F)F)CC3)cc2C)cc1OCCOC(=O)C(=C)CO. The number of carbonyl (C=O) groups is 2. The summed E-state index contributed by atoms with van der Waals surface area (Å²) in [5, 5.41) is 18.1. The lowest BCUT2D eigenvalue weighted by Gasteiger charge is -2.29. The molecule has 0 atom stereocenters. The number of rotatable bonds is 17. The van der Waals surface area contributed by atoms with Crippen molar-refractivity contribution >= 4 is 11.9 Å². The highest BCUT2D eigenvalue weighted by Crippen LogP contribution is 2.40. The third-order valence-corrected chi connectivity index (χ3v) is 7.80. The van der Waals surface area contributed by atoms with Gasteiger partial charge in [-0.25, -0.2) is 9.59 Å². The predicted molar refractivity (Wildman–Crippen MR) is 166 cm³/mol. The zero-order chi connectivity index (χ0) is 32.8. The van der Waals surface area contributed by atoms with Gasteiger partial charge in [-0.05, 0) is 97.7 Å². The van der Waals surface area contributed by atoms with Crippen LogP contribution in [0.5, 0.6) is 11.5 Å². The standard InChI is InChI=1S/C35H42F2O8/c1-23-19-28(27-9-7-26(8-10-27)5-4-6-33(36)37)11-13-30(23)29-12-14-31(42-15-17-44-34(40)24(2)21-38)32(20-29)43-16-18-45-35(41)25(3)22-39/h6,11-14,19-20,26-27,38-39H,2-5,7-10,15-18,21-22H2,1H3. The smallest absolute Gasteiger partial charge is 0.335 e. The third-order valence-electron chi connectivity index (χ3n) is 7.80. The van der Waals surface area contributed by atoms with Crippen molar-refractivity contribution in [2.45, 2.75) is 51.4 Å². The van der Waals surface area contributed by atoms with Gasteiger partial charge >= 0.3 is 11.9 Å². The summed E-state index contributed by atoms with van der Waals surface area (Å²) in [4.78, 5) is 23.5. The Morgan fingerprint density at radius 3 is 2.00 bits per heavy atom. The van der Waals surface area contributed by atoms with Gasteiger partial charge in [-0.3, -0.25) is 0 Å². The fraction of sp³-hybridized carbons (Fsp3) is 0.429. The highest BCUT2D eigenvalue weighted by molar-refractivity contribution is 5.88. The first kappa shape index (κ1) is 35.5. The van der Waals surface area contributed by atoms with E-state index in [1.807, 2.05) is 12.1 Å². The fourth-order valence-electron chi connectivity index (χ4n) is 5.29. The molecule has 244 valence electrons. The summed E-state index contributed by atoms with van der Waals surface area (Å²) in [5.74, 6) is 0.267. The van der Waals surface area contributed by atoms with Gasteiger partial charge in [0.2, 0.25) is 0 Å². The van der Waals surface area contributed by atoms with Gasteiger partial charge in [0, 0.05) is 0 Å². The molecule has 0 spiro atoms. The number of allylic oxidation sites excluding steroid dienone is 1. The molecule has 45 heavy (non-hydrogen) atoms. The van der Waals surface area contributed by atoms with Crippen LogP contribution < -0.4 is 9.47 Å². The number of ether oxygens (including phenoxy) is 4. The van der Waals surface area contributed by atoms with Gasteiger partial charge in [-0.2, -0.15) is 8.78 Å². The number of hydrogen-bond donors (Lipinski definition) is 2. The molecule has 0 aromatic heterocycles. The Balaban J connectivity index is 1.68. The molecule has 1 aliphatic carbocycles. The van der Waals surface area contributed by atoms with Crippen LogP contribution in [0.15, 0.2) is 72.9 Å². The Kier molecular flexibility index (Phi) is 14.2. The Bertz CT molecular complexity index is 1360. The van der Waals surface area contributed by atoms with E-state index in [1.165, 1.54) is 5.56 Å². The molecule has 1 aliphatic rings. The molecule has 1 fully saturated rings. The molecular weight excluding hydrogens is 586 g/mol. The van der Waals surface area contributed by atoms with Crippen molar-refractivity contribution in [1.82, 2.24) is 0 Å². The first-order valence-electron chi connectivity index (χ1n) is 15.1. The van der Waals surface area contributed by atoms with E-state index in [9.17, 15) is 18.4 Å². The summed E-state index contributed by atoms with van der Waals surface area (Å²) in [7, 11) is 0. The maximum absolute atomic E-state index is 12.4. The molecule has 0 unspecified atom stereocenters. The number of hydrogen-bond acceptors (Lipinski definition) is 8. The van der Waals surface area contributed by atoms with Gasteiger partial charge in [0.15, 0.2) is 11.5 Å². The highest BCUT2D eigenvalue weighted by Gasteiger charge is 2.23. The van der Waals surface area contributed by atoms with Crippen LogP contribution in [0.1, 0.15) is 55.6 Å². The molecule has 8 nitrogen and oxygen atoms in total. The van der Waals surface area contributed by atoms with Crippen LogP contribution in [-0.2, 0) is 19.1 Å². The minimum Gasteiger partial charge on any atom is -0.486 e. The molecule has 0 radical (unpaired) electrons. The maximum atomic E-state index is 12.4. The molecule has 3 rings (SSSR count). The van der Waals surface area contributed by atoms with Crippen LogP contribution in [0.3, 0.4) is 0 Å². The second kappa shape index (κ2) is 18.1. The minimum atomic E-state index is -1.60. The van der Waals surface area contributed by atoms with Crippen LogP contribution in [0.2, 0.25) is 0 Å². The van der Waals surface area contributed by atoms with E-state index in [0.717, 1.165) is 54.9 Å².